The van der Waals surface area contributed by atoms with Crippen molar-refractivity contribution in [2.45, 2.75) is 31.6 Å². The molecule has 1 aromatic carbocycles. The molecule has 0 saturated heterocycles. The summed E-state index contributed by atoms with van der Waals surface area (Å²) in [5.74, 6) is 0.602. The molecule has 124 valence electrons. The van der Waals surface area contributed by atoms with Gasteiger partial charge in [0.1, 0.15) is 5.69 Å². The summed E-state index contributed by atoms with van der Waals surface area (Å²) in [6.45, 7) is 0.742. The van der Waals surface area contributed by atoms with E-state index in [2.05, 4.69) is 4.98 Å². The maximum atomic E-state index is 12.8. The van der Waals surface area contributed by atoms with Crippen molar-refractivity contribution in [3.05, 3.63) is 39.8 Å². The van der Waals surface area contributed by atoms with Gasteiger partial charge in [-0.2, -0.15) is 0 Å². The quantitative estimate of drug-likeness (QED) is 0.810. The Kier molecular flexibility index (Phi) is 5.55. The van der Waals surface area contributed by atoms with Gasteiger partial charge >= 0.3 is 0 Å². The van der Waals surface area contributed by atoms with Crippen LogP contribution in [0, 0.1) is 0 Å². The zero-order valence-electron chi connectivity index (χ0n) is 12.5. The van der Waals surface area contributed by atoms with E-state index in [-0.39, 0.29) is 30.7 Å². The predicted octanol–water partition coefficient (Wildman–Crippen LogP) is 4.04. The minimum atomic E-state index is 0. The highest BCUT2D eigenvalue weighted by Gasteiger charge is 2.30. The molecular formula is C16H19Cl2N3OS. The molecular weight excluding hydrogens is 353 g/mol. The van der Waals surface area contributed by atoms with Gasteiger partial charge in [0.2, 0.25) is 0 Å². The number of benzene rings is 1. The molecule has 2 N–H and O–H groups in total. The van der Waals surface area contributed by atoms with Crippen molar-refractivity contribution >= 4 is 53.4 Å². The molecule has 1 aromatic heterocycles. The summed E-state index contributed by atoms with van der Waals surface area (Å²) in [6, 6.07) is 5.80. The normalized spacial score (nSPS) is 16.1. The molecule has 0 unspecified atom stereocenters. The van der Waals surface area contributed by atoms with E-state index in [1.807, 2.05) is 28.5 Å². The number of hydrogen-bond acceptors (Lipinski definition) is 4. The lowest BCUT2D eigenvalue weighted by atomic mass is 9.99. The zero-order valence-corrected chi connectivity index (χ0v) is 15.0. The fourth-order valence-electron chi connectivity index (χ4n) is 2.90. The average Bonchev–Trinajstić information content (AvgIpc) is 3.24. The van der Waals surface area contributed by atoms with Crippen molar-refractivity contribution in [2.24, 2.45) is 0 Å². The maximum absolute atomic E-state index is 12.8. The molecule has 2 heterocycles. The number of carbonyl (C=O) groups is 1. The van der Waals surface area contributed by atoms with Crippen LogP contribution in [0.15, 0.2) is 23.6 Å². The van der Waals surface area contributed by atoms with Gasteiger partial charge < -0.3 is 10.6 Å². The molecule has 0 atom stereocenters. The van der Waals surface area contributed by atoms with Crippen molar-refractivity contribution < 1.29 is 4.79 Å². The molecule has 2 aliphatic rings. The van der Waals surface area contributed by atoms with Crippen molar-refractivity contribution in [3.63, 3.8) is 0 Å². The van der Waals surface area contributed by atoms with Gasteiger partial charge in [-0.05, 0) is 43.4 Å². The zero-order chi connectivity index (χ0) is 14.4. The van der Waals surface area contributed by atoms with Gasteiger partial charge in [-0.1, -0.05) is 6.07 Å². The first-order valence-electron chi connectivity index (χ1n) is 7.38. The van der Waals surface area contributed by atoms with Crippen LogP contribution in [0.3, 0.4) is 0 Å². The van der Waals surface area contributed by atoms with Crippen LogP contribution in [0.25, 0.3) is 0 Å². The molecule has 7 heteroatoms. The summed E-state index contributed by atoms with van der Waals surface area (Å²) in [5.41, 5.74) is 9.45. The highest BCUT2D eigenvalue weighted by atomic mass is 35.5. The molecule has 1 aliphatic carbocycles. The Hall–Kier alpha value is -1.30. The van der Waals surface area contributed by atoms with E-state index in [1.54, 1.807) is 11.3 Å². The number of thiazole rings is 1. The van der Waals surface area contributed by atoms with Crippen LogP contribution in [-0.2, 0) is 6.42 Å². The van der Waals surface area contributed by atoms with Gasteiger partial charge in [-0.15, -0.1) is 36.2 Å². The Labute approximate surface area is 151 Å². The third-order valence-electron chi connectivity index (χ3n) is 4.20. The minimum absolute atomic E-state index is 0. The number of hydrogen-bond donors (Lipinski definition) is 1. The van der Waals surface area contributed by atoms with E-state index in [9.17, 15) is 4.79 Å². The third-order valence-corrected chi connectivity index (χ3v) is 5.21. The fourth-order valence-corrected chi connectivity index (χ4v) is 3.87. The number of nitrogen functional groups attached to an aromatic ring is 1. The summed E-state index contributed by atoms with van der Waals surface area (Å²) >= 11 is 1.61. The third kappa shape index (κ3) is 3.32. The second-order valence-electron chi connectivity index (χ2n) is 5.75. The molecule has 0 bridgehead atoms. The molecule has 2 aromatic rings. The van der Waals surface area contributed by atoms with Gasteiger partial charge in [0.15, 0.2) is 0 Å². The van der Waals surface area contributed by atoms with Crippen molar-refractivity contribution in [1.29, 1.82) is 0 Å². The number of carbonyl (C=O) groups excluding carboxylic acids is 1. The summed E-state index contributed by atoms with van der Waals surface area (Å²) in [6.07, 6.45) is 4.32. The highest BCUT2D eigenvalue weighted by molar-refractivity contribution is 7.10. The molecule has 1 fully saturated rings. The fraction of sp³-hybridized carbons (Fsp3) is 0.375. The highest BCUT2D eigenvalue weighted by Crippen LogP contribution is 2.41. The van der Waals surface area contributed by atoms with Gasteiger partial charge in [0.05, 0.1) is 5.01 Å². The number of nitrogens with two attached hydrogens (primary N) is 1. The van der Waals surface area contributed by atoms with Crippen LogP contribution in [-0.4, -0.2) is 17.4 Å². The molecule has 4 rings (SSSR count). The monoisotopic (exact) mass is 371 g/mol. The van der Waals surface area contributed by atoms with Crippen molar-refractivity contribution in [1.82, 2.24) is 4.98 Å². The second-order valence-corrected chi connectivity index (χ2v) is 6.64. The van der Waals surface area contributed by atoms with Crippen molar-refractivity contribution in [3.8, 4) is 0 Å². The smallest absolute Gasteiger partial charge is 0.277 e. The Balaban J connectivity index is 0.000000960. The molecule has 1 saturated carbocycles. The number of anilines is 2. The lowest BCUT2D eigenvalue weighted by Crippen LogP contribution is -2.36. The molecule has 4 nitrogen and oxygen atoms in total. The molecule has 23 heavy (non-hydrogen) atoms. The summed E-state index contributed by atoms with van der Waals surface area (Å²) < 4.78 is 0. The number of nitrogens with zero attached hydrogens (tertiary/aromatic N) is 2. The second kappa shape index (κ2) is 7.07. The number of amides is 1. The molecule has 1 aliphatic heterocycles. The van der Waals surface area contributed by atoms with E-state index >= 15 is 0 Å². The first-order valence-corrected chi connectivity index (χ1v) is 8.26. The molecule has 0 spiro atoms. The topological polar surface area (TPSA) is 59.2 Å². The lowest BCUT2D eigenvalue weighted by molar-refractivity contribution is 0.0981. The summed E-state index contributed by atoms with van der Waals surface area (Å²) in [4.78, 5) is 19.1. The summed E-state index contributed by atoms with van der Waals surface area (Å²) in [5, 5.41) is 3.01. The Morgan fingerprint density at radius 2 is 2.09 bits per heavy atom. The first-order chi connectivity index (χ1) is 10.2. The number of halogens is 2. The largest absolute Gasteiger partial charge is 0.398 e. The maximum Gasteiger partial charge on any atom is 0.277 e. The molecule has 0 radical (unpaired) electrons. The SMILES string of the molecule is Cl.Cl.Nc1cccc2c1CCCN2C(=O)c1csc(C2CC2)n1. The first kappa shape index (κ1) is 18.0. The average molecular weight is 372 g/mol. The van der Waals surface area contributed by atoms with Gasteiger partial charge in [0.25, 0.3) is 5.91 Å². The number of aromatic nitrogens is 1. The lowest BCUT2D eigenvalue weighted by Gasteiger charge is -2.29. The minimum Gasteiger partial charge on any atom is -0.398 e. The van der Waals surface area contributed by atoms with E-state index in [0.717, 1.165) is 41.3 Å². The molecule has 1 amide bonds. The van der Waals surface area contributed by atoms with E-state index in [4.69, 9.17) is 5.73 Å². The van der Waals surface area contributed by atoms with Crippen LogP contribution in [0.5, 0.6) is 0 Å². The standard InChI is InChI=1S/C16H17N3OS.2ClH/c17-12-4-1-5-14-11(12)3-2-8-19(14)16(20)13-9-21-15(18-13)10-6-7-10;;/h1,4-5,9-10H,2-3,6-8,17H2;2*1H. The van der Waals surface area contributed by atoms with Gasteiger partial charge in [0, 0.05) is 29.2 Å². The van der Waals surface area contributed by atoms with Crippen LogP contribution in [0.2, 0.25) is 0 Å². The van der Waals surface area contributed by atoms with Crippen LogP contribution in [0.4, 0.5) is 11.4 Å². The van der Waals surface area contributed by atoms with Gasteiger partial charge in [-0.3, -0.25) is 4.79 Å². The van der Waals surface area contributed by atoms with E-state index in [1.165, 1.54) is 12.8 Å². The Bertz CT molecular complexity index is 715. The van der Waals surface area contributed by atoms with Gasteiger partial charge in [-0.25, -0.2) is 4.98 Å². The van der Waals surface area contributed by atoms with Crippen LogP contribution in [0.1, 0.15) is 46.2 Å². The number of fused-ring (bicyclic) bond motifs is 1. The Morgan fingerprint density at radius 3 is 2.83 bits per heavy atom. The van der Waals surface area contributed by atoms with E-state index < -0.39 is 0 Å². The predicted molar refractivity (Wildman–Crippen MR) is 99.4 cm³/mol. The van der Waals surface area contributed by atoms with Crippen molar-refractivity contribution in [2.75, 3.05) is 17.2 Å². The van der Waals surface area contributed by atoms with E-state index in [0.29, 0.717) is 11.6 Å². The Morgan fingerprint density at radius 1 is 1.30 bits per heavy atom. The van der Waals surface area contributed by atoms with Crippen LogP contribution < -0.4 is 10.6 Å². The summed E-state index contributed by atoms with van der Waals surface area (Å²) in [7, 11) is 0. The number of rotatable bonds is 2. The van der Waals surface area contributed by atoms with Crippen LogP contribution >= 0.6 is 36.2 Å².